The van der Waals surface area contributed by atoms with Gasteiger partial charge in [-0.25, -0.2) is 4.79 Å². The molecule has 10 nitrogen and oxygen atoms in total. The average Bonchev–Trinajstić information content (AvgIpc) is 2.74. The lowest BCUT2D eigenvalue weighted by molar-refractivity contribution is -0.141. The number of aliphatic hydroxyl groups excluding tert-OH is 1. The number of aliphatic carboxylic acids is 1. The molecule has 180 valence electrons. The number of diazo groups is 1. The molecule has 0 spiro atoms. The maximum Gasteiger partial charge on any atom is 0.527 e. The molecule has 0 heterocycles. The Morgan fingerprint density at radius 3 is 2.09 bits per heavy atom. The van der Waals surface area contributed by atoms with E-state index in [1.807, 2.05) is 45.2 Å². The van der Waals surface area contributed by atoms with Crippen molar-refractivity contribution < 1.29 is 34.4 Å². The summed E-state index contributed by atoms with van der Waals surface area (Å²) in [5.41, 5.74) is -0.233. The van der Waals surface area contributed by atoms with Crippen molar-refractivity contribution in [3.8, 4) is 17.2 Å². The van der Waals surface area contributed by atoms with Gasteiger partial charge in [-0.05, 0) is 127 Å². The zero-order valence-corrected chi connectivity index (χ0v) is 25.8. The summed E-state index contributed by atoms with van der Waals surface area (Å²) in [6, 6.07) is 5.46. The highest BCUT2D eigenvalue weighted by molar-refractivity contribution is 14.1. The van der Waals surface area contributed by atoms with Gasteiger partial charge >= 0.3 is 23.5 Å². The maximum absolute atomic E-state index is 12.3. The van der Waals surface area contributed by atoms with E-state index in [1.54, 1.807) is 31.2 Å². The maximum atomic E-state index is 12.3. The summed E-state index contributed by atoms with van der Waals surface area (Å²) in [4.78, 5) is 26.7. The fourth-order valence-corrected chi connectivity index (χ4v) is 6.43. The molecule has 2 aromatic carbocycles. The lowest BCUT2D eigenvalue weighted by Gasteiger charge is -2.16. The molecule has 0 radical (unpaired) electrons. The lowest BCUT2D eigenvalue weighted by atomic mass is 10.1. The molecule has 0 unspecified atom stereocenters. The molecule has 0 bridgehead atoms. The number of carboxylic acid groups (broad SMARTS) is 1. The van der Waals surface area contributed by atoms with Gasteiger partial charge in [0.25, 0.3) is 0 Å². The molecule has 0 saturated carbocycles. The van der Waals surface area contributed by atoms with Crippen LogP contribution in [0, 0.1) is 19.7 Å². The van der Waals surface area contributed by atoms with E-state index in [9.17, 15) is 24.9 Å². The van der Waals surface area contributed by atoms with Crippen LogP contribution in [0.25, 0.3) is 4.98 Å². The molecule has 0 saturated heterocycles. The molecule has 34 heavy (non-hydrogen) atoms. The van der Waals surface area contributed by atoms with Gasteiger partial charge in [0.15, 0.2) is 10.7 Å². The van der Waals surface area contributed by atoms with Crippen LogP contribution in [0.3, 0.4) is 0 Å². The van der Waals surface area contributed by atoms with Crippen molar-refractivity contribution in [1.29, 1.82) is 5.39 Å². The lowest BCUT2D eigenvalue weighted by Crippen LogP contribution is -2.43. The van der Waals surface area contributed by atoms with Crippen LogP contribution in [0.5, 0.6) is 17.2 Å². The van der Waals surface area contributed by atoms with E-state index in [0.717, 1.165) is 0 Å². The van der Waals surface area contributed by atoms with Crippen molar-refractivity contribution in [2.75, 3.05) is 6.61 Å². The standard InChI is InChI=1S/C20H15I4N3O7/c1-2-33-20(32)15(27-25)18(29)26-14(19(30)31)5-8-3-12(23)17(13(24)4-8)34-9-6-10(21)16(28)11(22)7-9/h3-4,6-7,14H,2,5H2,1H3,(H3-,26,28,29,30,31,32)/p+1/t14-/m0/s1. The molecule has 14 heteroatoms. The number of carbonyl (C=O) groups is 2. The number of amides is 1. The number of aliphatic hydroxyl groups is 1. The summed E-state index contributed by atoms with van der Waals surface area (Å²) in [6.07, 6.45) is -0.0868. The van der Waals surface area contributed by atoms with E-state index >= 15 is 0 Å². The summed E-state index contributed by atoms with van der Waals surface area (Å²) in [5.74, 6) is -2.08. The molecule has 2 aromatic rings. The molecule has 0 aromatic heterocycles. The molecular formula is C20H16I4N3O7+. The molecule has 0 aliphatic heterocycles. The van der Waals surface area contributed by atoms with Crippen molar-refractivity contribution in [2.45, 2.75) is 19.4 Å². The van der Waals surface area contributed by atoms with Gasteiger partial charge in [0.2, 0.25) is 5.39 Å². The van der Waals surface area contributed by atoms with Gasteiger partial charge < -0.3 is 30.1 Å². The number of rotatable bonds is 9. The number of halogens is 4. The number of aromatic hydroxyl groups is 1. The van der Waals surface area contributed by atoms with Crippen molar-refractivity contribution in [3.63, 3.8) is 0 Å². The van der Waals surface area contributed by atoms with Crippen LogP contribution in [0.4, 0.5) is 0 Å². The number of benzene rings is 2. The van der Waals surface area contributed by atoms with E-state index in [2.05, 4.69) is 55.5 Å². The quantitative estimate of drug-likeness (QED) is 0.114. The first kappa shape index (κ1) is 28.9. The second-order valence-electron chi connectivity index (χ2n) is 6.48. The Hall–Kier alpha value is -1.34. The number of nitrogens with zero attached hydrogens (tertiary/aromatic N) is 2. The van der Waals surface area contributed by atoms with Crippen LogP contribution in [0.15, 0.2) is 35.9 Å². The first-order valence-electron chi connectivity index (χ1n) is 9.27. The Kier molecular flexibility index (Phi) is 11.1. The Morgan fingerprint density at radius 2 is 1.62 bits per heavy atom. The SMILES string of the molecule is CCO/C(O)=C(/[N+]#N)C(=O)N[C@@H](Cc1cc(I)c(Oc2cc(I)c(O)c(I)c2)c(I)c1)C(=O)O. The van der Waals surface area contributed by atoms with Crippen LogP contribution in [-0.2, 0) is 20.7 Å². The predicted molar refractivity (Wildman–Crippen MR) is 155 cm³/mol. The molecule has 2 rings (SSSR count). The Balaban J connectivity index is 2.27. The molecule has 0 aliphatic rings. The van der Waals surface area contributed by atoms with E-state index in [-0.39, 0.29) is 18.8 Å². The third-order valence-corrected chi connectivity index (χ3v) is 7.36. The zero-order valence-electron chi connectivity index (χ0n) is 17.2. The van der Waals surface area contributed by atoms with Crippen LogP contribution in [0.1, 0.15) is 12.5 Å². The van der Waals surface area contributed by atoms with Gasteiger partial charge in [-0.2, -0.15) is 0 Å². The number of phenolic OH excluding ortho intramolecular Hbond substituents is 1. The minimum absolute atomic E-state index is 0.00816. The monoisotopic (exact) mass is 918 g/mol. The number of ether oxygens (including phenoxy) is 2. The predicted octanol–water partition coefficient (Wildman–Crippen LogP) is 5.33. The number of hydrogen-bond acceptors (Lipinski definition) is 7. The van der Waals surface area contributed by atoms with Crippen LogP contribution in [0.2, 0.25) is 0 Å². The van der Waals surface area contributed by atoms with Gasteiger partial charge in [0.05, 0.1) is 20.9 Å². The minimum Gasteiger partial charge on any atom is -0.506 e. The Labute approximate surface area is 248 Å². The summed E-state index contributed by atoms with van der Waals surface area (Å²) in [6.45, 7) is 1.55. The fraction of sp³-hybridized carbons (Fsp3) is 0.200. The first-order chi connectivity index (χ1) is 16.0. The van der Waals surface area contributed by atoms with Gasteiger partial charge in [-0.15, -0.1) is 0 Å². The summed E-state index contributed by atoms with van der Waals surface area (Å²) in [5, 5.41) is 40.4. The molecule has 4 N–H and O–H groups in total. The summed E-state index contributed by atoms with van der Waals surface area (Å²) in [7, 11) is 0. The number of nitrogens with one attached hydrogen (secondary N) is 1. The highest BCUT2D eigenvalue weighted by atomic mass is 127. The van der Waals surface area contributed by atoms with Crippen molar-refractivity contribution in [2.24, 2.45) is 0 Å². The zero-order chi connectivity index (χ0) is 25.6. The smallest absolute Gasteiger partial charge is 0.506 e. The average molecular weight is 918 g/mol. The molecule has 1 amide bonds. The van der Waals surface area contributed by atoms with E-state index in [1.165, 1.54) is 0 Å². The van der Waals surface area contributed by atoms with Gasteiger partial charge in [0.1, 0.15) is 17.5 Å². The van der Waals surface area contributed by atoms with Gasteiger partial charge in [-0.1, -0.05) is 0 Å². The number of hydrogen-bond donors (Lipinski definition) is 4. The third-order valence-electron chi connectivity index (χ3n) is 4.11. The van der Waals surface area contributed by atoms with Crippen LogP contribution < -0.4 is 10.1 Å². The number of phenols is 1. The molecular weight excluding hydrogens is 902 g/mol. The number of carbonyl (C=O) groups excluding carboxylic acids is 1. The fourth-order valence-electron chi connectivity index (χ4n) is 2.60. The second kappa shape index (κ2) is 13.1. The third kappa shape index (κ3) is 7.58. The topological polar surface area (TPSA) is 153 Å². The molecule has 0 aliphatic carbocycles. The minimum atomic E-state index is -1.38. The van der Waals surface area contributed by atoms with E-state index in [4.69, 9.17) is 14.9 Å². The first-order valence-corrected chi connectivity index (χ1v) is 13.6. The second-order valence-corrected chi connectivity index (χ2v) is 11.1. The van der Waals surface area contributed by atoms with Crippen molar-refractivity contribution >= 4 is 102 Å². The van der Waals surface area contributed by atoms with E-state index < -0.39 is 29.6 Å². The van der Waals surface area contributed by atoms with Crippen LogP contribution in [-0.4, -0.2) is 39.8 Å². The summed E-state index contributed by atoms with van der Waals surface area (Å²) >= 11 is 8.14. The highest BCUT2D eigenvalue weighted by Gasteiger charge is 2.34. The van der Waals surface area contributed by atoms with Gasteiger partial charge in [0, 0.05) is 6.42 Å². The van der Waals surface area contributed by atoms with Crippen LogP contribution >= 0.6 is 90.4 Å². The van der Waals surface area contributed by atoms with Crippen molar-refractivity contribution in [3.05, 3.63) is 60.7 Å². The summed E-state index contributed by atoms with van der Waals surface area (Å²) < 4.78 is 13.4. The van der Waals surface area contributed by atoms with E-state index in [0.29, 0.717) is 31.3 Å². The molecule has 1 atom stereocenters. The Bertz CT molecular complexity index is 1150. The Morgan fingerprint density at radius 1 is 1.06 bits per heavy atom. The normalized spacial score (nSPS) is 12.2. The largest absolute Gasteiger partial charge is 0.527 e. The highest BCUT2D eigenvalue weighted by Crippen LogP contribution is 2.37. The van der Waals surface area contributed by atoms with Crippen molar-refractivity contribution in [1.82, 2.24) is 5.32 Å². The van der Waals surface area contributed by atoms with Gasteiger partial charge in [-0.3, -0.25) is 4.79 Å². The molecule has 0 fully saturated rings. The number of carboxylic acids is 1.